The minimum atomic E-state index is -5.05. The van der Waals surface area contributed by atoms with Crippen molar-refractivity contribution < 1.29 is 109 Å². The molecule has 0 aromatic rings. The van der Waals surface area contributed by atoms with E-state index in [-0.39, 0.29) is 76.2 Å². The molecule has 13 heteroatoms. The van der Waals surface area contributed by atoms with Gasteiger partial charge in [0.1, 0.15) is 0 Å². The van der Waals surface area contributed by atoms with Crippen molar-refractivity contribution in [1.82, 2.24) is 0 Å². The van der Waals surface area contributed by atoms with Crippen LogP contribution in [0.4, 0.5) is 0 Å². The Labute approximate surface area is 124 Å². The molecule has 0 aromatic carbocycles. The zero-order chi connectivity index (χ0) is 7.71. The van der Waals surface area contributed by atoms with Crippen LogP contribution in [0.5, 0.6) is 0 Å². The van der Waals surface area contributed by atoms with E-state index >= 15 is 0 Å². The third kappa shape index (κ3) is 31.3. The summed E-state index contributed by atoms with van der Waals surface area (Å²) in [6, 6.07) is 0. The fourth-order valence-electron chi connectivity index (χ4n) is 0.139. The molecule has 0 rings (SSSR count). The normalized spacial score (nSPS) is 9.54. The largest absolute Gasteiger partial charge is 1.00 e. The molecule has 0 heterocycles. The van der Waals surface area contributed by atoms with E-state index in [4.69, 9.17) is 19.6 Å². The number of hydrogen-bond donors (Lipinski definition) is 4. The summed E-state index contributed by atoms with van der Waals surface area (Å²) in [5, 5.41) is 0. The van der Waals surface area contributed by atoms with Gasteiger partial charge in [0.15, 0.2) is 0 Å². The third-order valence-corrected chi connectivity index (χ3v) is 1.91. The van der Waals surface area contributed by atoms with Gasteiger partial charge in [-0.1, -0.05) is 0 Å². The summed E-state index contributed by atoms with van der Waals surface area (Å²) in [6.07, 6.45) is 0. The Balaban J connectivity index is -0.0000000213. The van der Waals surface area contributed by atoms with Gasteiger partial charge < -0.3 is 22.4 Å². The minimum Gasteiger partial charge on any atom is -1.00 e. The second kappa shape index (κ2) is 11.1. The summed E-state index contributed by atoms with van der Waals surface area (Å²) >= 11 is 0. The molecule has 7 nitrogen and oxygen atoms in total. The van der Waals surface area contributed by atoms with E-state index < -0.39 is 15.6 Å². The second-order valence-electron chi connectivity index (χ2n) is 1.06. The van der Waals surface area contributed by atoms with Crippen molar-refractivity contribution >= 4 is 15.6 Å². The van der Waals surface area contributed by atoms with Crippen LogP contribution in [-0.4, -0.2) is 19.6 Å². The Morgan fingerprint density at radius 1 is 0.923 bits per heavy atom. The van der Waals surface area contributed by atoms with Gasteiger partial charge in [0.2, 0.25) is 0 Å². The van der Waals surface area contributed by atoms with Gasteiger partial charge in [-0.25, -0.2) is 9.13 Å². The van der Waals surface area contributed by atoms with Gasteiger partial charge in [-0.3, -0.25) is 0 Å². The van der Waals surface area contributed by atoms with Crippen LogP contribution >= 0.6 is 15.6 Å². The zero-order valence-electron chi connectivity index (χ0n) is 8.73. The molecule has 0 amide bonds. The molecule has 0 bridgehead atoms. The molecule has 2 radical (unpaired) electrons. The van der Waals surface area contributed by atoms with Crippen LogP contribution in [0.25, 0.3) is 0 Å². The molecule has 0 aliphatic carbocycles. The molecule has 0 aliphatic rings. The predicted molar refractivity (Wildman–Crippen MR) is 27.4 cm³/mol. The minimum absolute atomic E-state index is 0. The summed E-state index contributed by atoms with van der Waals surface area (Å²) in [7, 11) is -10.1. The molecule has 13 heavy (non-hydrogen) atoms. The molecule has 0 spiro atoms. The van der Waals surface area contributed by atoms with Gasteiger partial charge in [0, 0.05) is 35.6 Å². The third-order valence-electron chi connectivity index (χ3n) is 0.213. The summed E-state index contributed by atoms with van der Waals surface area (Å²) < 4.78 is 22.2. The van der Waals surface area contributed by atoms with Crippen molar-refractivity contribution in [2.45, 2.75) is 0 Å². The molecular formula is H6Li2MnO7P2V. The van der Waals surface area contributed by atoms with Crippen LogP contribution in [0, 0.1) is 0 Å². The monoisotopic (exact) mass is 300 g/mol. The maximum Gasteiger partial charge on any atom is 1.00 e. The van der Waals surface area contributed by atoms with E-state index in [9.17, 15) is 9.13 Å². The van der Waals surface area contributed by atoms with Crippen LogP contribution in [0.3, 0.4) is 0 Å². The number of rotatable bonds is 2. The van der Waals surface area contributed by atoms with Crippen LogP contribution in [0.1, 0.15) is 2.85 Å². The van der Waals surface area contributed by atoms with Crippen molar-refractivity contribution in [3.8, 4) is 0 Å². The topological polar surface area (TPSA) is 124 Å². The predicted octanol–water partition coefficient (Wildman–Crippen LogP) is -6.58. The zero-order valence-corrected chi connectivity index (χ0v) is 11.1. The standard InChI is InChI=1S/2Li.Mn.H4O7P2.V.2H/c;;;1-8(2,3)7-9(4,5)6;;;/h;;;(H2,1,2,3)(H2,4,5,6);;;/q2*+1;;;;2*-1. The van der Waals surface area contributed by atoms with Crippen molar-refractivity contribution in [2.75, 3.05) is 0 Å². The van der Waals surface area contributed by atoms with Crippen LogP contribution in [-0.2, 0) is 49.1 Å². The first-order valence-corrected chi connectivity index (χ1v) is 4.59. The average Bonchev–Trinajstić information content (AvgIpc) is 1.14. The molecule has 0 unspecified atom stereocenters. The molecule has 0 aliphatic heterocycles. The first-order chi connectivity index (χ1) is 3.71. The number of phosphoric acid groups is 2. The maximum absolute atomic E-state index is 9.63. The molecule has 0 atom stereocenters. The van der Waals surface area contributed by atoms with Crippen molar-refractivity contribution in [3.05, 3.63) is 0 Å². The van der Waals surface area contributed by atoms with Gasteiger partial charge in [-0.05, 0) is 0 Å². The van der Waals surface area contributed by atoms with Crippen LogP contribution < -0.4 is 37.7 Å². The molecule has 0 saturated carbocycles. The summed E-state index contributed by atoms with van der Waals surface area (Å²) in [4.78, 5) is 31.0. The van der Waals surface area contributed by atoms with Crippen LogP contribution in [0.2, 0.25) is 0 Å². The second-order valence-corrected chi connectivity index (χ2v) is 3.68. The van der Waals surface area contributed by atoms with Gasteiger partial charge in [-0.2, -0.15) is 4.31 Å². The molecular weight excluding hydrogens is 294 g/mol. The molecule has 0 saturated heterocycles. The van der Waals surface area contributed by atoms with E-state index in [0.29, 0.717) is 0 Å². The number of hydrogen-bond acceptors (Lipinski definition) is 3. The Hall–Kier alpha value is 2.56. The summed E-state index contributed by atoms with van der Waals surface area (Å²) in [6.45, 7) is 0. The Kier molecular flexibility index (Phi) is 25.2. The van der Waals surface area contributed by atoms with E-state index in [2.05, 4.69) is 4.31 Å². The smallest absolute Gasteiger partial charge is 1.00 e. The van der Waals surface area contributed by atoms with Crippen LogP contribution in [0.15, 0.2) is 0 Å². The van der Waals surface area contributed by atoms with Crippen molar-refractivity contribution in [1.29, 1.82) is 0 Å². The van der Waals surface area contributed by atoms with E-state index in [1.54, 1.807) is 0 Å². The Morgan fingerprint density at radius 3 is 1.08 bits per heavy atom. The van der Waals surface area contributed by atoms with Crippen molar-refractivity contribution in [2.24, 2.45) is 0 Å². The Morgan fingerprint density at radius 2 is 1.08 bits per heavy atom. The maximum atomic E-state index is 9.63. The van der Waals surface area contributed by atoms with E-state index in [1.165, 1.54) is 0 Å². The van der Waals surface area contributed by atoms with Gasteiger partial charge in [0.25, 0.3) is 0 Å². The quantitative estimate of drug-likeness (QED) is 0.295. The van der Waals surface area contributed by atoms with Gasteiger partial charge >= 0.3 is 53.4 Å². The fraction of sp³-hybridized carbons (Fsp3) is 0. The first-order valence-electron chi connectivity index (χ1n) is 1.53. The van der Waals surface area contributed by atoms with E-state index in [1.807, 2.05) is 0 Å². The molecule has 0 fully saturated rings. The molecule has 0 aromatic heterocycles. The van der Waals surface area contributed by atoms with E-state index in [0.717, 1.165) is 0 Å². The SMILES string of the molecule is O=P(O)(O)OP(=O)(O)O.[H-].[H-].[Li+].[Li+].[Mn].[V]. The Bertz CT molecular complexity index is 173. The first kappa shape index (κ1) is 29.6. The van der Waals surface area contributed by atoms with Gasteiger partial charge in [-0.15, -0.1) is 0 Å². The summed E-state index contributed by atoms with van der Waals surface area (Å²) in [5.41, 5.74) is 0. The summed E-state index contributed by atoms with van der Waals surface area (Å²) in [5.74, 6) is 0. The average molecular weight is 300 g/mol. The van der Waals surface area contributed by atoms with Crippen molar-refractivity contribution in [3.63, 3.8) is 0 Å². The molecule has 4 N–H and O–H groups in total. The van der Waals surface area contributed by atoms with Gasteiger partial charge in [0.05, 0.1) is 0 Å². The molecule has 72 valence electrons. The fourth-order valence-corrected chi connectivity index (χ4v) is 1.25.